The van der Waals surface area contributed by atoms with Crippen molar-refractivity contribution in [1.82, 2.24) is 19.5 Å². The predicted molar refractivity (Wildman–Crippen MR) is 157 cm³/mol. The molecule has 0 bridgehead atoms. The molecular formula is C34H19N5O. The molecule has 0 aliphatic carbocycles. The Morgan fingerprint density at radius 2 is 1.30 bits per heavy atom. The smallest absolute Gasteiger partial charge is 0.238 e. The quantitative estimate of drug-likeness (QED) is 0.239. The number of fused-ring (bicyclic) bond motifs is 6. The van der Waals surface area contributed by atoms with Gasteiger partial charge in [-0.05, 0) is 36.4 Å². The Kier molecular flexibility index (Phi) is 4.78. The van der Waals surface area contributed by atoms with Crippen molar-refractivity contribution in [2.45, 2.75) is 0 Å². The van der Waals surface area contributed by atoms with E-state index in [1.807, 2.05) is 84.9 Å². The summed E-state index contributed by atoms with van der Waals surface area (Å²) in [6, 6.07) is 40.1. The highest BCUT2D eigenvalue weighted by Crippen LogP contribution is 2.37. The molecule has 0 saturated heterocycles. The Morgan fingerprint density at radius 3 is 2.05 bits per heavy atom. The molecule has 0 radical (unpaired) electrons. The third-order valence-corrected chi connectivity index (χ3v) is 7.30. The van der Waals surface area contributed by atoms with Crippen molar-refractivity contribution in [2.75, 3.05) is 0 Å². The van der Waals surface area contributed by atoms with Crippen LogP contribution in [0.4, 0.5) is 0 Å². The van der Waals surface area contributed by atoms with E-state index in [0.717, 1.165) is 43.7 Å². The molecule has 3 aromatic heterocycles. The van der Waals surface area contributed by atoms with Crippen molar-refractivity contribution in [3.8, 4) is 34.8 Å². The van der Waals surface area contributed by atoms with Crippen molar-refractivity contribution in [2.24, 2.45) is 0 Å². The second-order valence-corrected chi connectivity index (χ2v) is 9.62. The average Bonchev–Trinajstić information content (AvgIpc) is 3.56. The maximum atomic E-state index is 9.55. The van der Waals surface area contributed by atoms with Crippen LogP contribution < -0.4 is 0 Å². The first kappa shape index (κ1) is 22.2. The maximum absolute atomic E-state index is 9.55. The van der Waals surface area contributed by atoms with Gasteiger partial charge in [0.2, 0.25) is 5.95 Å². The Labute approximate surface area is 228 Å². The van der Waals surface area contributed by atoms with E-state index in [1.165, 1.54) is 0 Å². The number of benzene rings is 5. The minimum Gasteiger partial charge on any atom is -0.456 e. The fourth-order valence-electron chi connectivity index (χ4n) is 5.52. The highest BCUT2D eigenvalue weighted by molar-refractivity contribution is 6.12. The Morgan fingerprint density at radius 1 is 0.600 bits per heavy atom. The van der Waals surface area contributed by atoms with E-state index in [1.54, 1.807) is 6.07 Å². The van der Waals surface area contributed by atoms with Gasteiger partial charge in [0, 0.05) is 32.7 Å². The lowest BCUT2D eigenvalue weighted by molar-refractivity contribution is 0.669. The van der Waals surface area contributed by atoms with E-state index >= 15 is 0 Å². The van der Waals surface area contributed by atoms with Crippen LogP contribution in [0.25, 0.3) is 72.5 Å². The number of hydrogen-bond acceptors (Lipinski definition) is 5. The van der Waals surface area contributed by atoms with Gasteiger partial charge >= 0.3 is 0 Å². The Hall–Kier alpha value is -5.80. The van der Waals surface area contributed by atoms with E-state index < -0.39 is 0 Å². The summed E-state index contributed by atoms with van der Waals surface area (Å²) in [6.45, 7) is 0. The Balaban J connectivity index is 1.48. The lowest BCUT2D eigenvalue weighted by Crippen LogP contribution is -2.06. The predicted octanol–water partition coefficient (Wildman–Crippen LogP) is 8.07. The van der Waals surface area contributed by atoms with Crippen LogP contribution in [0.3, 0.4) is 0 Å². The fraction of sp³-hybridized carbons (Fsp3) is 0. The molecule has 186 valence electrons. The van der Waals surface area contributed by atoms with Gasteiger partial charge in [-0.3, -0.25) is 4.57 Å². The lowest BCUT2D eigenvalue weighted by atomic mass is 10.0. The van der Waals surface area contributed by atoms with Gasteiger partial charge in [-0.1, -0.05) is 78.9 Å². The van der Waals surface area contributed by atoms with E-state index in [0.29, 0.717) is 34.3 Å². The van der Waals surface area contributed by atoms with E-state index in [4.69, 9.17) is 19.4 Å². The van der Waals surface area contributed by atoms with Gasteiger partial charge < -0.3 is 4.42 Å². The number of rotatable bonds is 3. The first-order valence-corrected chi connectivity index (χ1v) is 12.9. The zero-order valence-corrected chi connectivity index (χ0v) is 21.1. The van der Waals surface area contributed by atoms with Crippen LogP contribution in [0.15, 0.2) is 120 Å². The molecule has 8 aromatic rings. The molecule has 0 saturated carbocycles. The minimum absolute atomic E-state index is 0.529. The van der Waals surface area contributed by atoms with Gasteiger partial charge in [-0.25, -0.2) is 4.98 Å². The zero-order valence-electron chi connectivity index (χ0n) is 21.1. The summed E-state index contributed by atoms with van der Waals surface area (Å²) in [4.78, 5) is 15.1. The zero-order chi connectivity index (χ0) is 26.6. The summed E-state index contributed by atoms with van der Waals surface area (Å²) >= 11 is 0. The fourth-order valence-corrected chi connectivity index (χ4v) is 5.52. The van der Waals surface area contributed by atoms with Crippen molar-refractivity contribution < 1.29 is 4.42 Å². The van der Waals surface area contributed by atoms with Crippen LogP contribution in [-0.2, 0) is 0 Å². The number of hydrogen-bond donors (Lipinski definition) is 0. The van der Waals surface area contributed by atoms with E-state index in [2.05, 4.69) is 34.9 Å². The number of nitriles is 1. The molecule has 0 aliphatic rings. The van der Waals surface area contributed by atoms with Gasteiger partial charge in [0.05, 0.1) is 22.7 Å². The SMILES string of the molecule is N#Cc1ccc2oc3cccc(-c4nc(-c5ccccc5)nc(-n5c6ccccc6c6ccccc65)n4)c3c2c1. The molecule has 0 fully saturated rings. The van der Waals surface area contributed by atoms with Crippen LogP contribution in [-0.4, -0.2) is 19.5 Å². The summed E-state index contributed by atoms with van der Waals surface area (Å²) in [5.41, 5.74) is 5.73. The van der Waals surface area contributed by atoms with Gasteiger partial charge in [0.15, 0.2) is 11.6 Å². The van der Waals surface area contributed by atoms with E-state index in [-0.39, 0.29) is 0 Å². The molecule has 6 nitrogen and oxygen atoms in total. The first-order chi connectivity index (χ1) is 19.8. The molecule has 6 heteroatoms. The summed E-state index contributed by atoms with van der Waals surface area (Å²) in [5, 5.41) is 13.5. The van der Waals surface area contributed by atoms with Gasteiger partial charge in [0.1, 0.15) is 11.2 Å². The number of aromatic nitrogens is 4. The number of nitrogens with zero attached hydrogens (tertiary/aromatic N) is 5. The van der Waals surface area contributed by atoms with Crippen molar-refractivity contribution in [3.05, 3.63) is 121 Å². The summed E-state index contributed by atoms with van der Waals surface area (Å²) < 4.78 is 8.26. The summed E-state index contributed by atoms with van der Waals surface area (Å²) in [6.07, 6.45) is 0. The average molecular weight is 514 g/mol. The highest BCUT2D eigenvalue weighted by Gasteiger charge is 2.20. The molecular weight excluding hydrogens is 494 g/mol. The van der Waals surface area contributed by atoms with Crippen molar-refractivity contribution in [1.29, 1.82) is 5.26 Å². The molecule has 0 unspecified atom stereocenters. The molecule has 0 spiro atoms. The second-order valence-electron chi connectivity index (χ2n) is 9.62. The number of furan rings is 1. The summed E-state index contributed by atoms with van der Waals surface area (Å²) in [5.74, 6) is 1.63. The van der Waals surface area contributed by atoms with Crippen LogP contribution >= 0.6 is 0 Å². The lowest BCUT2D eigenvalue weighted by Gasteiger charge is -2.11. The van der Waals surface area contributed by atoms with Gasteiger partial charge in [0.25, 0.3) is 0 Å². The molecule has 0 amide bonds. The molecule has 5 aromatic carbocycles. The third kappa shape index (κ3) is 3.32. The maximum Gasteiger partial charge on any atom is 0.238 e. The second kappa shape index (κ2) is 8.62. The first-order valence-electron chi connectivity index (χ1n) is 12.9. The topological polar surface area (TPSA) is 80.5 Å². The highest BCUT2D eigenvalue weighted by atomic mass is 16.3. The van der Waals surface area contributed by atoms with Crippen molar-refractivity contribution >= 4 is 43.7 Å². The molecule has 0 atom stereocenters. The van der Waals surface area contributed by atoms with Gasteiger partial charge in [-0.2, -0.15) is 15.2 Å². The van der Waals surface area contributed by atoms with Crippen LogP contribution in [0.1, 0.15) is 5.56 Å². The normalized spacial score (nSPS) is 11.5. The van der Waals surface area contributed by atoms with Crippen LogP contribution in [0.5, 0.6) is 0 Å². The van der Waals surface area contributed by atoms with Crippen LogP contribution in [0, 0.1) is 11.3 Å². The monoisotopic (exact) mass is 513 g/mol. The number of para-hydroxylation sites is 2. The molecule has 8 rings (SSSR count). The Bertz CT molecular complexity index is 2240. The van der Waals surface area contributed by atoms with E-state index in [9.17, 15) is 5.26 Å². The minimum atomic E-state index is 0.529. The molecule has 0 aliphatic heterocycles. The molecule has 0 N–H and O–H groups in total. The van der Waals surface area contributed by atoms with Crippen LogP contribution in [0.2, 0.25) is 0 Å². The summed E-state index contributed by atoms with van der Waals surface area (Å²) in [7, 11) is 0. The third-order valence-electron chi connectivity index (χ3n) is 7.30. The molecule has 40 heavy (non-hydrogen) atoms. The molecule has 3 heterocycles. The van der Waals surface area contributed by atoms with Crippen molar-refractivity contribution in [3.63, 3.8) is 0 Å². The largest absolute Gasteiger partial charge is 0.456 e. The standard InChI is InChI=1S/C34H19N5O/c35-20-21-17-18-29-26(19-21)31-25(13-8-16-30(31)40-29)33-36-32(22-9-2-1-3-10-22)37-34(38-33)39-27-14-6-4-11-23(27)24-12-5-7-15-28(24)39/h1-19H. The van der Waals surface area contributed by atoms with Gasteiger partial charge in [-0.15, -0.1) is 0 Å².